The first-order chi connectivity index (χ1) is 6.77. The SMILES string of the molecule is Nc1ncc(C2CCNCC2)c(N)n1. The molecule has 5 N–H and O–H groups in total. The van der Waals surface area contributed by atoms with Crippen molar-refractivity contribution in [3.63, 3.8) is 0 Å². The van der Waals surface area contributed by atoms with Crippen LogP contribution in [0.1, 0.15) is 24.3 Å². The summed E-state index contributed by atoms with van der Waals surface area (Å²) < 4.78 is 0. The molecule has 1 saturated heterocycles. The number of nitrogens with zero attached hydrogens (tertiary/aromatic N) is 2. The van der Waals surface area contributed by atoms with Gasteiger partial charge < -0.3 is 16.8 Å². The lowest BCUT2D eigenvalue weighted by Gasteiger charge is -2.23. The molecule has 2 rings (SSSR count). The summed E-state index contributed by atoms with van der Waals surface area (Å²) in [5, 5.41) is 3.31. The van der Waals surface area contributed by atoms with E-state index >= 15 is 0 Å². The van der Waals surface area contributed by atoms with E-state index in [-0.39, 0.29) is 5.95 Å². The molecule has 0 unspecified atom stereocenters. The number of rotatable bonds is 1. The van der Waals surface area contributed by atoms with Crippen LogP contribution in [0.15, 0.2) is 6.20 Å². The molecule has 1 aromatic heterocycles. The Kier molecular flexibility index (Phi) is 2.49. The summed E-state index contributed by atoms with van der Waals surface area (Å²) in [6.07, 6.45) is 3.95. The molecule has 0 amide bonds. The number of hydrogen-bond acceptors (Lipinski definition) is 5. The average Bonchev–Trinajstić information content (AvgIpc) is 2.19. The zero-order chi connectivity index (χ0) is 9.97. The van der Waals surface area contributed by atoms with Crippen LogP contribution in [-0.4, -0.2) is 23.1 Å². The fourth-order valence-electron chi connectivity index (χ4n) is 1.87. The molecule has 0 aliphatic carbocycles. The van der Waals surface area contributed by atoms with Gasteiger partial charge in [-0.05, 0) is 31.8 Å². The Hall–Kier alpha value is -1.36. The van der Waals surface area contributed by atoms with Crippen LogP contribution in [-0.2, 0) is 0 Å². The lowest BCUT2D eigenvalue weighted by atomic mass is 9.91. The first-order valence-electron chi connectivity index (χ1n) is 4.86. The predicted octanol–water partition coefficient (Wildman–Crippen LogP) is 0.108. The topological polar surface area (TPSA) is 89.8 Å². The minimum atomic E-state index is 0.250. The second-order valence-electron chi connectivity index (χ2n) is 3.59. The molecular weight excluding hydrogens is 178 g/mol. The summed E-state index contributed by atoms with van der Waals surface area (Å²) in [7, 11) is 0. The Morgan fingerprint density at radius 1 is 1.29 bits per heavy atom. The van der Waals surface area contributed by atoms with Gasteiger partial charge in [-0.1, -0.05) is 0 Å². The van der Waals surface area contributed by atoms with Crippen molar-refractivity contribution < 1.29 is 0 Å². The Morgan fingerprint density at radius 3 is 2.64 bits per heavy atom. The van der Waals surface area contributed by atoms with Crippen LogP contribution >= 0.6 is 0 Å². The van der Waals surface area contributed by atoms with Gasteiger partial charge in [0.25, 0.3) is 0 Å². The Balaban J connectivity index is 2.22. The lowest BCUT2D eigenvalue weighted by Crippen LogP contribution is -2.27. The highest BCUT2D eigenvalue weighted by molar-refractivity contribution is 5.43. The van der Waals surface area contributed by atoms with Crippen LogP contribution < -0.4 is 16.8 Å². The third kappa shape index (κ3) is 1.77. The summed E-state index contributed by atoms with van der Waals surface area (Å²) in [5.41, 5.74) is 12.3. The van der Waals surface area contributed by atoms with Gasteiger partial charge in [0.2, 0.25) is 5.95 Å². The highest BCUT2D eigenvalue weighted by Crippen LogP contribution is 2.27. The quantitative estimate of drug-likeness (QED) is 0.589. The number of nitrogen functional groups attached to an aromatic ring is 2. The molecule has 1 fully saturated rings. The van der Waals surface area contributed by atoms with Crippen molar-refractivity contribution in [1.82, 2.24) is 15.3 Å². The molecular formula is C9H15N5. The normalized spacial score (nSPS) is 18.3. The summed E-state index contributed by atoms with van der Waals surface area (Å²) in [6, 6.07) is 0. The van der Waals surface area contributed by atoms with Crippen molar-refractivity contribution in [2.45, 2.75) is 18.8 Å². The summed E-state index contributed by atoms with van der Waals surface area (Å²) >= 11 is 0. The molecule has 0 spiro atoms. The minimum Gasteiger partial charge on any atom is -0.383 e. The molecule has 0 aromatic carbocycles. The van der Waals surface area contributed by atoms with Gasteiger partial charge in [-0.15, -0.1) is 0 Å². The fourth-order valence-corrected chi connectivity index (χ4v) is 1.87. The number of aromatic nitrogens is 2. The molecule has 0 atom stereocenters. The Labute approximate surface area is 82.9 Å². The smallest absolute Gasteiger partial charge is 0.221 e. The molecule has 1 aliphatic rings. The van der Waals surface area contributed by atoms with E-state index in [9.17, 15) is 0 Å². The van der Waals surface area contributed by atoms with Crippen molar-refractivity contribution in [3.05, 3.63) is 11.8 Å². The van der Waals surface area contributed by atoms with E-state index in [0.717, 1.165) is 31.5 Å². The highest BCUT2D eigenvalue weighted by atomic mass is 15.0. The maximum absolute atomic E-state index is 5.80. The first-order valence-corrected chi connectivity index (χ1v) is 4.86. The van der Waals surface area contributed by atoms with Crippen LogP contribution in [0.4, 0.5) is 11.8 Å². The second-order valence-corrected chi connectivity index (χ2v) is 3.59. The van der Waals surface area contributed by atoms with Gasteiger partial charge >= 0.3 is 0 Å². The summed E-state index contributed by atoms with van der Waals surface area (Å²) in [4.78, 5) is 7.95. The number of hydrogen-bond donors (Lipinski definition) is 3. The molecule has 14 heavy (non-hydrogen) atoms. The van der Waals surface area contributed by atoms with Gasteiger partial charge in [0.15, 0.2) is 0 Å². The van der Waals surface area contributed by atoms with Gasteiger partial charge in [0.05, 0.1) is 0 Å². The Bertz CT molecular complexity index is 319. The third-order valence-corrected chi connectivity index (χ3v) is 2.65. The average molecular weight is 193 g/mol. The highest BCUT2D eigenvalue weighted by Gasteiger charge is 2.18. The molecule has 2 heterocycles. The van der Waals surface area contributed by atoms with E-state index in [1.54, 1.807) is 6.20 Å². The van der Waals surface area contributed by atoms with Crippen LogP contribution in [0.5, 0.6) is 0 Å². The van der Waals surface area contributed by atoms with Crippen LogP contribution in [0.25, 0.3) is 0 Å². The standard InChI is InChI=1S/C9H15N5/c10-8-7(5-13-9(11)14-8)6-1-3-12-4-2-6/h5-6,12H,1-4H2,(H4,10,11,13,14). The van der Waals surface area contributed by atoms with Crippen molar-refractivity contribution in [3.8, 4) is 0 Å². The third-order valence-electron chi connectivity index (χ3n) is 2.65. The molecule has 1 aromatic rings. The van der Waals surface area contributed by atoms with E-state index in [4.69, 9.17) is 11.5 Å². The van der Waals surface area contributed by atoms with Gasteiger partial charge in [0.1, 0.15) is 5.82 Å². The maximum Gasteiger partial charge on any atom is 0.221 e. The zero-order valence-corrected chi connectivity index (χ0v) is 8.03. The fraction of sp³-hybridized carbons (Fsp3) is 0.556. The predicted molar refractivity (Wildman–Crippen MR) is 55.7 cm³/mol. The maximum atomic E-state index is 5.80. The van der Waals surface area contributed by atoms with Crippen molar-refractivity contribution in [2.75, 3.05) is 24.6 Å². The summed E-state index contributed by atoms with van der Waals surface area (Å²) in [6.45, 7) is 2.07. The van der Waals surface area contributed by atoms with E-state index in [2.05, 4.69) is 15.3 Å². The van der Waals surface area contributed by atoms with Crippen molar-refractivity contribution in [2.24, 2.45) is 0 Å². The molecule has 76 valence electrons. The molecule has 0 radical (unpaired) electrons. The zero-order valence-electron chi connectivity index (χ0n) is 8.03. The van der Waals surface area contributed by atoms with E-state index < -0.39 is 0 Å². The van der Waals surface area contributed by atoms with Crippen molar-refractivity contribution in [1.29, 1.82) is 0 Å². The van der Waals surface area contributed by atoms with Crippen molar-refractivity contribution >= 4 is 11.8 Å². The van der Waals surface area contributed by atoms with Gasteiger partial charge in [-0.25, -0.2) is 4.98 Å². The second kappa shape index (κ2) is 3.79. The van der Waals surface area contributed by atoms with Crippen LogP contribution in [0, 0.1) is 0 Å². The number of anilines is 2. The number of nitrogens with one attached hydrogen (secondary N) is 1. The van der Waals surface area contributed by atoms with E-state index in [1.807, 2.05) is 0 Å². The lowest BCUT2D eigenvalue weighted by molar-refractivity contribution is 0.460. The molecule has 0 saturated carbocycles. The molecule has 5 heteroatoms. The number of piperidine rings is 1. The van der Waals surface area contributed by atoms with Gasteiger partial charge in [0, 0.05) is 11.8 Å². The molecule has 5 nitrogen and oxygen atoms in total. The first kappa shape index (κ1) is 9.21. The molecule has 0 bridgehead atoms. The van der Waals surface area contributed by atoms with E-state index in [1.165, 1.54) is 0 Å². The van der Waals surface area contributed by atoms with Gasteiger partial charge in [-0.2, -0.15) is 4.98 Å². The van der Waals surface area contributed by atoms with Crippen LogP contribution in [0.2, 0.25) is 0 Å². The molecule has 1 aliphatic heterocycles. The number of nitrogens with two attached hydrogens (primary N) is 2. The minimum absolute atomic E-state index is 0.250. The Morgan fingerprint density at radius 2 is 2.00 bits per heavy atom. The monoisotopic (exact) mass is 193 g/mol. The van der Waals surface area contributed by atoms with E-state index in [0.29, 0.717) is 11.7 Å². The van der Waals surface area contributed by atoms with Gasteiger partial charge in [-0.3, -0.25) is 0 Å². The largest absolute Gasteiger partial charge is 0.383 e. The summed E-state index contributed by atoms with van der Waals surface area (Å²) in [5.74, 6) is 1.27. The van der Waals surface area contributed by atoms with Crippen LogP contribution in [0.3, 0.4) is 0 Å².